The molecular formula is C54H70O21P2. The van der Waals surface area contributed by atoms with Crippen molar-refractivity contribution in [3.05, 3.63) is 128 Å². The minimum absolute atomic E-state index is 0. The fraction of sp³-hybridized carbons (Fsp3) is 0.407. The molecule has 2 aliphatic rings. The summed E-state index contributed by atoms with van der Waals surface area (Å²) in [4.78, 5) is 56.1. The third kappa shape index (κ3) is 18.2. The van der Waals surface area contributed by atoms with Crippen molar-refractivity contribution in [2.24, 2.45) is 0 Å². The van der Waals surface area contributed by atoms with E-state index in [1.54, 1.807) is 93.6 Å². The van der Waals surface area contributed by atoms with E-state index in [0.717, 1.165) is 22.3 Å². The van der Waals surface area contributed by atoms with Gasteiger partial charge in [0.15, 0.2) is 18.8 Å². The second-order valence-corrected chi connectivity index (χ2v) is 20.6. The van der Waals surface area contributed by atoms with Gasteiger partial charge in [0.25, 0.3) is 0 Å². The number of hydrogen-bond donors (Lipinski definition) is 4. The van der Waals surface area contributed by atoms with Crippen molar-refractivity contribution >= 4 is 39.1 Å². The summed E-state index contributed by atoms with van der Waals surface area (Å²) in [6.45, 7) is 12.2. The first-order valence-corrected chi connectivity index (χ1v) is 27.1. The van der Waals surface area contributed by atoms with Crippen LogP contribution in [0.2, 0.25) is 0 Å². The van der Waals surface area contributed by atoms with Crippen LogP contribution in [-0.2, 0) is 77.7 Å². The van der Waals surface area contributed by atoms with Gasteiger partial charge in [-0.1, -0.05) is 67.1 Å². The highest BCUT2D eigenvalue weighted by atomic mass is 31.2. The topological polar surface area (TPSA) is 285 Å². The molecule has 77 heavy (non-hydrogen) atoms. The number of aliphatic hydroxyl groups is 1. The van der Waals surface area contributed by atoms with Crippen LogP contribution < -0.4 is 18.5 Å². The van der Waals surface area contributed by atoms with E-state index in [9.17, 15) is 43.4 Å². The van der Waals surface area contributed by atoms with Crippen LogP contribution in [0, 0.1) is 13.8 Å². The third-order valence-corrected chi connectivity index (χ3v) is 13.9. The van der Waals surface area contributed by atoms with Gasteiger partial charge in [0.1, 0.15) is 64.9 Å². The minimum Gasteiger partial charge on any atom is -0.507 e. The lowest BCUT2D eigenvalue weighted by Crippen LogP contribution is -2.24. The Balaban J connectivity index is 0.000000361. The zero-order valence-corrected chi connectivity index (χ0v) is 45.9. The van der Waals surface area contributed by atoms with E-state index >= 15 is 0 Å². The summed E-state index contributed by atoms with van der Waals surface area (Å²) < 4.78 is 83.0. The molecule has 21 nitrogen and oxygen atoms in total. The number of esters is 4. The van der Waals surface area contributed by atoms with E-state index < -0.39 is 64.0 Å². The smallest absolute Gasteiger partial charge is 0.405 e. The van der Waals surface area contributed by atoms with Crippen LogP contribution in [0.15, 0.2) is 84.0 Å². The van der Waals surface area contributed by atoms with Crippen LogP contribution in [0.25, 0.3) is 0 Å². The zero-order valence-electron chi connectivity index (χ0n) is 44.1. The molecule has 4 atom stereocenters. The Morgan fingerprint density at radius 2 is 1.13 bits per heavy atom. The molecule has 2 aliphatic heterocycles. The SMILES string of the molecule is C.CCOC(=O)[C@H](C)OP(=O)(COC/C(C)=C/Cc1c(O)c2c(c(C)c1OC)COC2=O)Oc1ccccc1.COC(=O)[C@H](C)O.COc1c(C)c2c(c(O)c1C/C=C(\C)COCP(=O)(O)Oc1ccccc1)C(=O)OC2. The Labute approximate surface area is 448 Å². The fourth-order valence-corrected chi connectivity index (χ4v) is 9.78. The minimum atomic E-state index is -3.95. The number of aliphatic hydroxyl groups excluding tert-OH is 1. The molecule has 0 saturated carbocycles. The number of aromatic hydroxyl groups is 2. The molecule has 0 aliphatic carbocycles. The summed E-state index contributed by atoms with van der Waals surface area (Å²) in [6.07, 6.45) is 1.11. The van der Waals surface area contributed by atoms with Gasteiger partial charge in [0.2, 0.25) is 0 Å². The summed E-state index contributed by atoms with van der Waals surface area (Å²) in [5, 5.41) is 29.7. The Hall–Kier alpha value is -6.70. The Kier molecular flexibility index (Phi) is 25.4. The molecule has 4 aromatic rings. The second kappa shape index (κ2) is 30.3. The van der Waals surface area contributed by atoms with Crippen LogP contribution in [0.4, 0.5) is 0 Å². The Morgan fingerprint density at radius 3 is 1.52 bits per heavy atom. The molecule has 0 spiro atoms. The number of allylic oxidation sites excluding steroid dienone is 2. The number of benzene rings is 4. The van der Waals surface area contributed by atoms with Crippen molar-refractivity contribution in [2.45, 2.75) is 94.2 Å². The van der Waals surface area contributed by atoms with Gasteiger partial charge < -0.3 is 67.2 Å². The number of hydrogen-bond acceptors (Lipinski definition) is 20. The average Bonchev–Trinajstić information content (AvgIpc) is 3.99. The van der Waals surface area contributed by atoms with Crippen molar-refractivity contribution in [1.29, 1.82) is 0 Å². The Morgan fingerprint density at radius 1 is 0.701 bits per heavy atom. The number of rotatable bonds is 23. The van der Waals surface area contributed by atoms with Crippen LogP contribution >= 0.6 is 15.2 Å². The van der Waals surface area contributed by atoms with E-state index in [1.165, 1.54) is 35.2 Å². The largest absolute Gasteiger partial charge is 0.507 e. The number of ether oxygens (including phenoxy) is 8. The summed E-state index contributed by atoms with van der Waals surface area (Å²) in [6, 6.07) is 16.8. The number of phenolic OH excluding ortho intramolecular Hbond substituents is 2. The van der Waals surface area contributed by atoms with Crippen molar-refractivity contribution in [1.82, 2.24) is 0 Å². The van der Waals surface area contributed by atoms with Crippen LogP contribution in [0.5, 0.6) is 34.5 Å². The maximum atomic E-state index is 13.5. The predicted molar refractivity (Wildman–Crippen MR) is 283 cm³/mol. The summed E-state index contributed by atoms with van der Waals surface area (Å²) in [5.41, 5.74) is 5.49. The highest BCUT2D eigenvalue weighted by Crippen LogP contribution is 2.50. The summed E-state index contributed by atoms with van der Waals surface area (Å²) in [7, 11) is -3.64. The molecule has 2 heterocycles. The quantitative estimate of drug-likeness (QED) is 0.0233. The lowest BCUT2D eigenvalue weighted by atomic mass is 9.95. The van der Waals surface area contributed by atoms with Gasteiger partial charge >= 0.3 is 39.1 Å². The number of carbonyl (C=O) groups excluding carboxylic acids is 4. The summed E-state index contributed by atoms with van der Waals surface area (Å²) >= 11 is 0. The average molecular weight is 1120 g/mol. The first-order chi connectivity index (χ1) is 36.0. The van der Waals surface area contributed by atoms with Gasteiger partial charge in [-0.25, -0.2) is 28.3 Å². The number of para-hydroxylation sites is 2. The van der Waals surface area contributed by atoms with E-state index in [2.05, 4.69) is 4.74 Å². The molecule has 0 aromatic heterocycles. The fourth-order valence-electron chi connectivity index (χ4n) is 7.47. The molecule has 0 bridgehead atoms. The number of cyclic esters (lactones) is 2. The van der Waals surface area contributed by atoms with Gasteiger partial charge in [-0.2, -0.15) is 0 Å². The highest BCUT2D eigenvalue weighted by molar-refractivity contribution is 7.54. The monoisotopic (exact) mass is 1120 g/mol. The number of carbonyl (C=O) groups is 4. The molecule has 0 fully saturated rings. The number of phenols is 2. The van der Waals surface area contributed by atoms with Crippen LogP contribution in [-0.4, -0.2) is 110 Å². The van der Waals surface area contributed by atoms with Crippen molar-refractivity contribution < 1.29 is 100.0 Å². The van der Waals surface area contributed by atoms with Crippen LogP contribution in [0.3, 0.4) is 0 Å². The molecule has 2 unspecified atom stereocenters. The molecule has 6 rings (SSSR count). The van der Waals surface area contributed by atoms with Gasteiger partial charge in [0.05, 0.1) is 41.2 Å². The van der Waals surface area contributed by atoms with Crippen molar-refractivity contribution in [3.8, 4) is 34.5 Å². The highest BCUT2D eigenvalue weighted by Gasteiger charge is 2.35. The van der Waals surface area contributed by atoms with E-state index in [0.29, 0.717) is 39.5 Å². The Bertz CT molecular complexity index is 2830. The van der Waals surface area contributed by atoms with Gasteiger partial charge in [-0.05, 0) is 96.7 Å². The molecule has 23 heteroatoms. The molecule has 4 aromatic carbocycles. The molecular weight excluding hydrogens is 1050 g/mol. The first-order valence-electron chi connectivity index (χ1n) is 23.7. The standard InChI is InChI=1S/C27H33O10P.C22H25O8P.C4H8O3.CH4/c1-6-34-26(29)19(4)36-38(31,37-20-10-8-7-9-11-20)16-33-14-17(2)12-13-21-24(28)23-22(15-35-27(23)30)18(3)25(21)32-5;1-14(11-28-13-31(25,26)30-16-7-5-4-6-8-16)9-10-17-20(23)19-18(12-29-22(19)24)15(2)21(17)27-3;1-3(5)4(6)7-2;/h7-12,19,28H,6,13-16H2,1-5H3;4-9,23H,10-13H2,1-3H3,(H,25,26);3,5H,1-2H3;1H4/b17-12+;14-9+;;/t19-,38?;;3-;/m0.0./s1. The molecule has 0 amide bonds. The van der Waals surface area contributed by atoms with Crippen molar-refractivity contribution in [2.75, 3.05) is 53.8 Å². The maximum absolute atomic E-state index is 13.5. The maximum Gasteiger partial charge on any atom is 0.405 e. The molecule has 0 radical (unpaired) electrons. The second-order valence-electron chi connectivity index (χ2n) is 17.1. The van der Waals surface area contributed by atoms with Gasteiger partial charge in [-0.3, -0.25) is 4.52 Å². The lowest BCUT2D eigenvalue weighted by molar-refractivity contribution is -0.151. The predicted octanol–water partition coefficient (Wildman–Crippen LogP) is 9.37. The summed E-state index contributed by atoms with van der Waals surface area (Å²) in [5.74, 6) is -1.14. The van der Waals surface area contributed by atoms with Crippen molar-refractivity contribution in [3.63, 3.8) is 0 Å². The molecule has 422 valence electrons. The number of methoxy groups -OCH3 is 3. The van der Waals surface area contributed by atoms with Gasteiger partial charge in [0, 0.05) is 22.3 Å². The zero-order chi connectivity index (χ0) is 56.3. The third-order valence-electron chi connectivity index (χ3n) is 11.2. The first kappa shape index (κ1) is 64.6. The van der Waals surface area contributed by atoms with Crippen LogP contribution in [0.1, 0.15) is 96.1 Å². The normalized spacial score (nSPS) is 14.9. The van der Waals surface area contributed by atoms with E-state index in [-0.39, 0.29) is 81.7 Å². The van der Waals surface area contributed by atoms with E-state index in [1.807, 2.05) is 13.8 Å². The lowest BCUT2D eigenvalue weighted by Gasteiger charge is -2.22. The van der Waals surface area contributed by atoms with E-state index in [4.69, 9.17) is 51.8 Å². The van der Waals surface area contributed by atoms with Gasteiger partial charge in [-0.15, -0.1) is 0 Å². The number of fused-ring (bicyclic) bond motifs is 2. The molecule has 0 saturated heterocycles. The molecule has 4 N–H and O–H groups in total.